The largest absolute Gasteiger partial charge is 0.545 e. The summed E-state index contributed by atoms with van der Waals surface area (Å²) in [6, 6.07) is 6.91. The molecule has 0 saturated heterocycles. The summed E-state index contributed by atoms with van der Waals surface area (Å²) < 4.78 is 0. The fraction of sp³-hybridized carbons (Fsp3) is 0.417. The van der Waals surface area contributed by atoms with E-state index in [1.54, 1.807) is 12.1 Å². The molecule has 1 aromatic rings. The zero-order chi connectivity index (χ0) is 10.8. The zero-order valence-corrected chi connectivity index (χ0v) is 8.83. The summed E-state index contributed by atoms with van der Waals surface area (Å²) in [5.41, 5.74) is 1.50. The average Bonchev–Trinajstić information content (AvgIpc) is 2.18. The van der Waals surface area contributed by atoms with E-state index in [0.717, 1.165) is 12.0 Å². The third-order valence-corrected chi connectivity index (χ3v) is 2.79. The molecule has 0 aromatic heterocycles. The molecule has 0 N–H and O–H groups in total. The van der Waals surface area contributed by atoms with Gasteiger partial charge in [0.15, 0.2) is 0 Å². The van der Waals surface area contributed by atoms with E-state index in [2.05, 4.69) is 20.8 Å². The standard InChI is InChI=1S/C12H16O2/c1-4-12(2,3)10-7-5-9(6-8-10)11(13)14/h5-8H,4H2,1-3H3,(H,13,14)/p-1. The number of aromatic carboxylic acids is 1. The lowest BCUT2D eigenvalue weighted by Crippen LogP contribution is -2.22. The SMILES string of the molecule is CCC(C)(C)c1ccc(C(=O)[O-])cc1. The number of rotatable bonds is 3. The molecule has 1 aromatic carbocycles. The second kappa shape index (κ2) is 3.82. The summed E-state index contributed by atoms with van der Waals surface area (Å²) in [6.07, 6.45) is 1.03. The van der Waals surface area contributed by atoms with Crippen molar-refractivity contribution in [1.29, 1.82) is 0 Å². The molecule has 76 valence electrons. The molecule has 0 aliphatic rings. The lowest BCUT2D eigenvalue weighted by Gasteiger charge is -2.23. The normalized spacial score (nSPS) is 11.4. The van der Waals surface area contributed by atoms with Gasteiger partial charge in [-0.25, -0.2) is 0 Å². The van der Waals surface area contributed by atoms with Gasteiger partial charge in [-0.2, -0.15) is 0 Å². The highest BCUT2D eigenvalue weighted by Gasteiger charge is 2.17. The fourth-order valence-electron chi connectivity index (χ4n) is 1.26. The summed E-state index contributed by atoms with van der Waals surface area (Å²) in [5, 5.41) is 10.5. The van der Waals surface area contributed by atoms with Crippen LogP contribution in [0.3, 0.4) is 0 Å². The maximum absolute atomic E-state index is 10.5. The quantitative estimate of drug-likeness (QED) is 0.730. The van der Waals surface area contributed by atoms with Crippen LogP contribution in [0, 0.1) is 0 Å². The van der Waals surface area contributed by atoms with Crippen LogP contribution < -0.4 is 5.11 Å². The molecule has 2 nitrogen and oxygen atoms in total. The molecule has 14 heavy (non-hydrogen) atoms. The maximum atomic E-state index is 10.5. The number of carbonyl (C=O) groups is 1. The average molecular weight is 191 g/mol. The summed E-state index contributed by atoms with van der Waals surface area (Å²) >= 11 is 0. The Morgan fingerprint density at radius 1 is 1.29 bits per heavy atom. The molecule has 1 rings (SSSR count). The molecule has 0 bridgehead atoms. The monoisotopic (exact) mass is 191 g/mol. The number of carboxylic acid groups (broad SMARTS) is 1. The summed E-state index contributed by atoms with van der Waals surface area (Å²) in [5.74, 6) is -1.12. The van der Waals surface area contributed by atoms with Gasteiger partial charge in [0.1, 0.15) is 0 Å². The minimum Gasteiger partial charge on any atom is -0.545 e. The van der Waals surface area contributed by atoms with Crippen molar-refractivity contribution in [3.63, 3.8) is 0 Å². The van der Waals surface area contributed by atoms with Gasteiger partial charge in [-0.15, -0.1) is 0 Å². The third kappa shape index (κ3) is 2.13. The van der Waals surface area contributed by atoms with Crippen molar-refractivity contribution in [3.05, 3.63) is 35.4 Å². The molecule has 0 aliphatic carbocycles. The van der Waals surface area contributed by atoms with Gasteiger partial charge in [-0.05, 0) is 23.0 Å². The van der Waals surface area contributed by atoms with E-state index in [0.29, 0.717) is 0 Å². The Bertz CT molecular complexity index is 323. The number of benzene rings is 1. The summed E-state index contributed by atoms with van der Waals surface area (Å²) in [4.78, 5) is 10.5. The Morgan fingerprint density at radius 3 is 2.14 bits per heavy atom. The van der Waals surface area contributed by atoms with Gasteiger partial charge in [0, 0.05) is 0 Å². The van der Waals surface area contributed by atoms with E-state index in [-0.39, 0.29) is 11.0 Å². The van der Waals surface area contributed by atoms with E-state index >= 15 is 0 Å². The molecule has 0 atom stereocenters. The smallest absolute Gasteiger partial charge is 0.0715 e. The molecule has 0 fully saturated rings. The van der Waals surface area contributed by atoms with Crippen molar-refractivity contribution in [3.8, 4) is 0 Å². The fourth-order valence-corrected chi connectivity index (χ4v) is 1.26. The third-order valence-electron chi connectivity index (χ3n) is 2.79. The van der Waals surface area contributed by atoms with Gasteiger partial charge >= 0.3 is 0 Å². The first-order valence-corrected chi connectivity index (χ1v) is 4.79. The predicted molar refractivity (Wildman–Crippen MR) is 54.1 cm³/mol. The zero-order valence-electron chi connectivity index (χ0n) is 8.83. The number of hydrogen-bond donors (Lipinski definition) is 0. The van der Waals surface area contributed by atoms with Crippen LogP contribution in [0.1, 0.15) is 43.1 Å². The van der Waals surface area contributed by atoms with E-state index in [9.17, 15) is 9.90 Å². The van der Waals surface area contributed by atoms with Crippen LogP contribution in [0.4, 0.5) is 0 Å². The van der Waals surface area contributed by atoms with Crippen molar-refractivity contribution < 1.29 is 9.90 Å². The number of carbonyl (C=O) groups excluding carboxylic acids is 1. The first-order valence-electron chi connectivity index (χ1n) is 4.79. The van der Waals surface area contributed by atoms with Crippen LogP contribution in [0.15, 0.2) is 24.3 Å². The van der Waals surface area contributed by atoms with Gasteiger partial charge in [0.2, 0.25) is 0 Å². The van der Waals surface area contributed by atoms with Gasteiger partial charge in [-0.1, -0.05) is 45.0 Å². The van der Waals surface area contributed by atoms with Crippen LogP contribution in [0.5, 0.6) is 0 Å². The lowest BCUT2D eigenvalue weighted by molar-refractivity contribution is -0.255. The Labute approximate surface area is 84.6 Å². The minimum absolute atomic E-state index is 0.102. The van der Waals surface area contributed by atoms with Crippen molar-refractivity contribution in [2.75, 3.05) is 0 Å². The maximum Gasteiger partial charge on any atom is 0.0715 e. The molecular weight excluding hydrogens is 176 g/mol. The van der Waals surface area contributed by atoms with Gasteiger partial charge in [0.05, 0.1) is 5.97 Å². The van der Waals surface area contributed by atoms with Crippen molar-refractivity contribution in [2.24, 2.45) is 0 Å². The van der Waals surface area contributed by atoms with Crippen LogP contribution in [-0.4, -0.2) is 5.97 Å². The molecule has 0 saturated carbocycles. The van der Waals surface area contributed by atoms with Gasteiger partial charge < -0.3 is 9.90 Å². The lowest BCUT2D eigenvalue weighted by atomic mass is 9.82. The highest BCUT2D eigenvalue weighted by atomic mass is 16.4. The second-order valence-corrected chi connectivity index (χ2v) is 4.10. The van der Waals surface area contributed by atoms with E-state index < -0.39 is 5.97 Å². The van der Waals surface area contributed by atoms with Crippen molar-refractivity contribution >= 4 is 5.97 Å². The molecular formula is C12H15O2-. The van der Waals surface area contributed by atoms with Crippen molar-refractivity contribution in [1.82, 2.24) is 0 Å². The predicted octanol–water partition coefficient (Wildman–Crippen LogP) is 1.74. The Hall–Kier alpha value is -1.31. The number of carboxylic acids is 1. The topological polar surface area (TPSA) is 40.1 Å². The van der Waals surface area contributed by atoms with Crippen LogP contribution >= 0.6 is 0 Å². The van der Waals surface area contributed by atoms with Crippen molar-refractivity contribution in [2.45, 2.75) is 32.6 Å². The Kier molecular flexibility index (Phi) is 2.94. The molecule has 0 unspecified atom stereocenters. The van der Waals surface area contributed by atoms with E-state index in [4.69, 9.17) is 0 Å². The summed E-state index contributed by atoms with van der Waals surface area (Å²) in [6.45, 7) is 6.40. The molecule has 2 heteroatoms. The first-order chi connectivity index (χ1) is 6.47. The number of hydrogen-bond acceptors (Lipinski definition) is 2. The highest BCUT2D eigenvalue weighted by Crippen LogP contribution is 2.26. The Balaban J connectivity index is 2.99. The van der Waals surface area contributed by atoms with Crippen LogP contribution in [0.2, 0.25) is 0 Å². The molecule has 0 heterocycles. The van der Waals surface area contributed by atoms with Crippen LogP contribution in [-0.2, 0) is 5.41 Å². The van der Waals surface area contributed by atoms with E-state index in [1.165, 1.54) is 0 Å². The molecule has 0 spiro atoms. The first kappa shape index (κ1) is 10.8. The highest BCUT2D eigenvalue weighted by molar-refractivity contribution is 5.85. The molecule has 0 amide bonds. The minimum atomic E-state index is -1.12. The second-order valence-electron chi connectivity index (χ2n) is 4.10. The Morgan fingerprint density at radius 2 is 1.79 bits per heavy atom. The van der Waals surface area contributed by atoms with Crippen LogP contribution in [0.25, 0.3) is 0 Å². The van der Waals surface area contributed by atoms with Gasteiger partial charge in [-0.3, -0.25) is 0 Å². The summed E-state index contributed by atoms with van der Waals surface area (Å²) in [7, 11) is 0. The van der Waals surface area contributed by atoms with E-state index in [1.807, 2.05) is 12.1 Å². The molecule has 0 radical (unpaired) electrons. The molecule has 0 aliphatic heterocycles. The van der Waals surface area contributed by atoms with Gasteiger partial charge in [0.25, 0.3) is 0 Å².